The van der Waals surface area contributed by atoms with Crippen LogP contribution in [0.25, 0.3) is 0 Å². The van der Waals surface area contributed by atoms with Gasteiger partial charge in [0.05, 0.1) is 25.7 Å². The van der Waals surface area contributed by atoms with Gasteiger partial charge in [-0.05, 0) is 24.6 Å². The Kier molecular flexibility index (Phi) is 7.46. The second kappa shape index (κ2) is 10.3. The molecule has 1 fully saturated rings. The summed E-state index contributed by atoms with van der Waals surface area (Å²) in [5, 5.41) is 5.66. The normalized spacial score (nSPS) is 16.0. The van der Waals surface area contributed by atoms with Gasteiger partial charge >= 0.3 is 11.8 Å². The summed E-state index contributed by atoms with van der Waals surface area (Å²) < 4.78 is 0. The molecule has 1 heterocycles. The molecule has 6 heteroatoms. The first kappa shape index (κ1) is 21.8. The third kappa shape index (κ3) is 5.60. The molecule has 1 aliphatic heterocycles. The molecule has 0 aromatic heterocycles. The van der Waals surface area contributed by atoms with E-state index in [1.54, 1.807) is 0 Å². The second-order valence-electron chi connectivity index (χ2n) is 8.22. The highest BCUT2D eigenvalue weighted by Gasteiger charge is 2.29. The van der Waals surface area contributed by atoms with E-state index in [1.807, 2.05) is 51.4 Å². The van der Waals surface area contributed by atoms with Crippen molar-refractivity contribution in [1.29, 1.82) is 0 Å². The smallest absolute Gasteiger partial charge is 0.309 e. The first-order valence-corrected chi connectivity index (χ1v) is 10.7. The molecule has 2 aromatic carbocycles. The summed E-state index contributed by atoms with van der Waals surface area (Å²) in [5.74, 6) is -1.17. The lowest BCUT2D eigenvalue weighted by Crippen LogP contribution is -3.11. The summed E-state index contributed by atoms with van der Waals surface area (Å²) >= 11 is 0. The van der Waals surface area contributed by atoms with Crippen molar-refractivity contribution in [2.45, 2.75) is 31.8 Å². The molecule has 30 heavy (non-hydrogen) atoms. The van der Waals surface area contributed by atoms with Crippen molar-refractivity contribution in [3.63, 3.8) is 0 Å². The number of hydrogen-bond donors (Lipinski definition) is 3. The van der Waals surface area contributed by atoms with Crippen molar-refractivity contribution in [3.05, 3.63) is 65.7 Å². The molecule has 1 saturated heterocycles. The summed E-state index contributed by atoms with van der Waals surface area (Å²) in [6.45, 7) is 4.51. The zero-order valence-electron chi connectivity index (χ0n) is 18.2. The van der Waals surface area contributed by atoms with Crippen molar-refractivity contribution in [1.82, 2.24) is 10.6 Å². The standard InChI is InChI=1S/C24H32N4O2/c1-18(19-9-5-4-6-10-19)26-24(30)23(29)25-17-22(28-15-7-8-16-28)20-11-13-21(14-12-20)27(2)3/h4-6,9-14,18,22H,7-8,15-17H2,1-3H3,(H,25,29)(H,26,30)/p+1/t18-,22-/m0/s1. The number of benzene rings is 2. The van der Waals surface area contributed by atoms with Crippen molar-refractivity contribution >= 4 is 17.5 Å². The second-order valence-corrected chi connectivity index (χ2v) is 8.22. The molecular weight excluding hydrogens is 376 g/mol. The Morgan fingerprint density at radius 2 is 1.57 bits per heavy atom. The number of hydrogen-bond acceptors (Lipinski definition) is 3. The number of likely N-dealkylation sites (tertiary alicyclic amines) is 1. The lowest BCUT2D eigenvalue weighted by molar-refractivity contribution is -0.918. The van der Waals surface area contributed by atoms with Crippen molar-refractivity contribution < 1.29 is 14.5 Å². The van der Waals surface area contributed by atoms with Crippen LogP contribution in [0.3, 0.4) is 0 Å². The number of rotatable bonds is 7. The first-order valence-electron chi connectivity index (χ1n) is 10.7. The molecule has 2 atom stereocenters. The number of anilines is 1. The number of quaternary nitrogens is 1. The molecule has 6 nitrogen and oxygen atoms in total. The molecule has 0 bridgehead atoms. The summed E-state index contributed by atoms with van der Waals surface area (Å²) in [5.41, 5.74) is 3.31. The SMILES string of the molecule is C[C@H](NC(=O)C(=O)NC[C@@H](c1ccc(N(C)C)cc1)[NH+]1CCCC1)c1ccccc1. The summed E-state index contributed by atoms with van der Waals surface area (Å²) in [6.07, 6.45) is 2.40. The van der Waals surface area contributed by atoms with E-state index >= 15 is 0 Å². The predicted octanol–water partition coefficient (Wildman–Crippen LogP) is 1.47. The molecule has 2 amide bonds. The van der Waals surface area contributed by atoms with Crippen LogP contribution in [-0.2, 0) is 9.59 Å². The van der Waals surface area contributed by atoms with Crippen LogP contribution in [0, 0.1) is 0 Å². The van der Waals surface area contributed by atoms with E-state index in [9.17, 15) is 9.59 Å². The molecule has 0 radical (unpaired) electrons. The maximum Gasteiger partial charge on any atom is 0.309 e. The molecule has 0 saturated carbocycles. The molecular formula is C24H33N4O2+. The predicted molar refractivity (Wildman–Crippen MR) is 119 cm³/mol. The Labute approximate surface area is 179 Å². The average Bonchev–Trinajstić information content (AvgIpc) is 3.29. The molecule has 0 spiro atoms. The van der Waals surface area contributed by atoms with Crippen LogP contribution >= 0.6 is 0 Å². The minimum atomic E-state index is -0.593. The Morgan fingerprint density at radius 1 is 0.933 bits per heavy atom. The van der Waals surface area contributed by atoms with E-state index in [4.69, 9.17) is 0 Å². The molecule has 2 aromatic rings. The Hall–Kier alpha value is -2.86. The number of nitrogens with one attached hydrogen (secondary N) is 3. The van der Waals surface area contributed by atoms with Gasteiger partial charge in [-0.1, -0.05) is 42.5 Å². The van der Waals surface area contributed by atoms with Crippen LogP contribution in [-0.4, -0.2) is 45.5 Å². The highest BCUT2D eigenvalue weighted by atomic mass is 16.2. The van der Waals surface area contributed by atoms with Crippen molar-refractivity contribution in [3.8, 4) is 0 Å². The number of nitrogens with zero attached hydrogens (tertiary/aromatic N) is 1. The minimum absolute atomic E-state index is 0.145. The number of amides is 2. The molecule has 0 unspecified atom stereocenters. The fourth-order valence-corrected chi connectivity index (χ4v) is 4.04. The van der Waals surface area contributed by atoms with Gasteiger partial charge in [0.1, 0.15) is 6.04 Å². The molecule has 3 rings (SSSR count). The van der Waals surface area contributed by atoms with Crippen molar-refractivity contribution in [2.75, 3.05) is 38.6 Å². The van der Waals surface area contributed by atoms with E-state index in [0.29, 0.717) is 6.54 Å². The van der Waals surface area contributed by atoms with Gasteiger partial charge in [-0.2, -0.15) is 0 Å². The van der Waals surface area contributed by atoms with E-state index in [0.717, 1.165) is 24.3 Å². The van der Waals surface area contributed by atoms with Crippen LogP contribution in [0.15, 0.2) is 54.6 Å². The topological polar surface area (TPSA) is 65.9 Å². The van der Waals surface area contributed by atoms with E-state index < -0.39 is 11.8 Å². The Morgan fingerprint density at radius 3 is 2.17 bits per heavy atom. The molecule has 0 aliphatic carbocycles. The van der Waals surface area contributed by atoms with Crippen LogP contribution in [0.1, 0.15) is 43.0 Å². The van der Waals surface area contributed by atoms with Crippen LogP contribution in [0.2, 0.25) is 0 Å². The van der Waals surface area contributed by atoms with E-state index in [1.165, 1.54) is 23.3 Å². The third-order valence-electron chi connectivity index (χ3n) is 5.87. The first-order chi connectivity index (χ1) is 14.5. The summed E-state index contributed by atoms with van der Waals surface area (Å²) in [4.78, 5) is 28.4. The molecule has 160 valence electrons. The van der Waals surface area contributed by atoms with Gasteiger partial charge < -0.3 is 20.4 Å². The van der Waals surface area contributed by atoms with Gasteiger partial charge in [0.25, 0.3) is 0 Å². The summed E-state index contributed by atoms with van der Waals surface area (Å²) in [7, 11) is 4.04. The van der Waals surface area contributed by atoms with Crippen LogP contribution in [0.5, 0.6) is 0 Å². The van der Waals surface area contributed by atoms with Crippen molar-refractivity contribution in [2.24, 2.45) is 0 Å². The van der Waals surface area contributed by atoms with E-state index in [2.05, 4.69) is 39.8 Å². The van der Waals surface area contributed by atoms with Gasteiger partial charge in [0.15, 0.2) is 0 Å². The summed E-state index contributed by atoms with van der Waals surface area (Å²) in [6, 6.07) is 18.0. The molecule has 1 aliphatic rings. The lowest BCUT2D eigenvalue weighted by atomic mass is 10.0. The highest BCUT2D eigenvalue weighted by molar-refractivity contribution is 6.35. The van der Waals surface area contributed by atoms with Gasteiger partial charge in [0.2, 0.25) is 0 Å². The van der Waals surface area contributed by atoms with Gasteiger partial charge in [-0.25, -0.2) is 0 Å². The van der Waals surface area contributed by atoms with E-state index in [-0.39, 0.29) is 12.1 Å². The monoisotopic (exact) mass is 409 g/mol. The fourth-order valence-electron chi connectivity index (χ4n) is 4.04. The van der Waals surface area contributed by atoms with Gasteiger partial charge in [-0.3, -0.25) is 9.59 Å². The largest absolute Gasteiger partial charge is 0.378 e. The van der Waals surface area contributed by atoms with Gasteiger partial charge in [0, 0.05) is 38.2 Å². The molecule has 3 N–H and O–H groups in total. The maximum atomic E-state index is 12.5. The number of carbonyl (C=O) groups is 2. The fraction of sp³-hybridized carbons (Fsp3) is 0.417. The average molecular weight is 410 g/mol. The van der Waals surface area contributed by atoms with Crippen LogP contribution < -0.4 is 20.4 Å². The lowest BCUT2D eigenvalue weighted by Gasteiger charge is -2.26. The zero-order valence-corrected chi connectivity index (χ0v) is 18.2. The minimum Gasteiger partial charge on any atom is -0.378 e. The number of carbonyl (C=O) groups excluding carboxylic acids is 2. The zero-order chi connectivity index (χ0) is 21.5. The highest BCUT2D eigenvalue weighted by Crippen LogP contribution is 2.17. The van der Waals surface area contributed by atoms with Gasteiger partial charge in [-0.15, -0.1) is 0 Å². The maximum absolute atomic E-state index is 12.5. The Bertz CT molecular complexity index is 830. The third-order valence-corrected chi connectivity index (χ3v) is 5.87. The van der Waals surface area contributed by atoms with Crippen LogP contribution in [0.4, 0.5) is 5.69 Å². The quantitative estimate of drug-likeness (QED) is 0.607. The Balaban J connectivity index is 1.61.